The third kappa shape index (κ3) is 3.69. The highest BCUT2D eigenvalue weighted by Crippen LogP contribution is 2.47. The lowest BCUT2D eigenvalue weighted by molar-refractivity contribution is -0.145. The van der Waals surface area contributed by atoms with E-state index in [1.807, 2.05) is 42.5 Å². The van der Waals surface area contributed by atoms with E-state index in [4.69, 9.17) is 9.57 Å². The number of carboxylic acid groups (broad SMARTS) is 1. The predicted octanol–water partition coefficient (Wildman–Crippen LogP) is 4.85. The van der Waals surface area contributed by atoms with E-state index in [9.17, 15) is 9.90 Å². The quantitative estimate of drug-likeness (QED) is 0.526. The summed E-state index contributed by atoms with van der Waals surface area (Å²) in [6, 6.07) is 15.8. The normalized spacial score (nSPS) is 22.7. The highest BCUT2D eigenvalue weighted by Gasteiger charge is 2.61. The molecule has 3 aromatic rings. The van der Waals surface area contributed by atoms with Gasteiger partial charge in [-0.05, 0) is 48.6 Å². The van der Waals surface area contributed by atoms with Crippen molar-refractivity contribution in [1.29, 1.82) is 0 Å². The molecule has 156 valence electrons. The number of fused-ring (bicyclic) bond motifs is 1. The van der Waals surface area contributed by atoms with Crippen LogP contribution in [0, 0.1) is 5.92 Å². The highest BCUT2D eigenvalue weighted by molar-refractivity contribution is 7.18. The van der Waals surface area contributed by atoms with Crippen LogP contribution in [0.5, 0.6) is 5.75 Å². The van der Waals surface area contributed by atoms with Crippen LogP contribution in [-0.4, -0.2) is 21.8 Å². The molecule has 2 unspecified atom stereocenters. The molecule has 5 rings (SSSR count). The van der Waals surface area contributed by atoms with Crippen LogP contribution in [0.15, 0.2) is 48.5 Å². The summed E-state index contributed by atoms with van der Waals surface area (Å²) >= 11 is 1.63. The number of nitrogens with zero attached hydrogens (tertiary/aromatic N) is 1. The maximum atomic E-state index is 11.9. The van der Waals surface area contributed by atoms with Gasteiger partial charge in [0.2, 0.25) is 0 Å². The fraction of sp³-hybridized carbons (Fsp3) is 0.391. The average Bonchev–Trinajstić information content (AvgIpc) is 3.46. The molecule has 6 nitrogen and oxygen atoms in total. The van der Waals surface area contributed by atoms with Gasteiger partial charge in [-0.2, -0.15) is 5.48 Å². The number of thiazole rings is 1. The molecule has 0 bridgehead atoms. The second kappa shape index (κ2) is 7.98. The first kappa shape index (κ1) is 19.5. The molecule has 1 saturated heterocycles. The Morgan fingerprint density at radius 3 is 2.60 bits per heavy atom. The number of benzene rings is 2. The lowest BCUT2D eigenvalue weighted by Gasteiger charge is -2.32. The standard InChI is InChI=1S/C23H24N2O4S/c26-22(27)23(25-29-23)21(15-6-2-1-3-7-15)16-10-12-17(13-11-16)28-14-20-24-18-8-4-5-9-19(18)30-20/h4-5,8-13,15,21,25H,1-3,6-7,14H2,(H,26,27). The molecule has 2 atom stereocenters. The minimum atomic E-state index is -1.30. The van der Waals surface area contributed by atoms with Gasteiger partial charge in [0.1, 0.15) is 17.4 Å². The van der Waals surface area contributed by atoms with E-state index in [1.165, 1.54) is 6.42 Å². The van der Waals surface area contributed by atoms with Gasteiger partial charge in [0.05, 0.1) is 10.2 Å². The Bertz CT molecular complexity index is 1010. The Morgan fingerprint density at radius 1 is 1.20 bits per heavy atom. The van der Waals surface area contributed by atoms with Gasteiger partial charge in [0.15, 0.2) is 0 Å². The van der Waals surface area contributed by atoms with Crippen molar-refractivity contribution in [2.75, 3.05) is 0 Å². The van der Waals surface area contributed by atoms with Crippen molar-refractivity contribution in [3.8, 4) is 5.75 Å². The van der Waals surface area contributed by atoms with Crippen LogP contribution in [0.2, 0.25) is 0 Å². The monoisotopic (exact) mass is 424 g/mol. The van der Waals surface area contributed by atoms with Crippen LogP contribution in [0.4, 0.5) is 0 Å². The topological polar surface area (TPSA) is 93.9 Å². The molecule has 0 spiro atoms. The molecule has 2 fully saturated rings. The molecule has 2 aliphatic rings. The van der Waals surface area contributed by atoms with E-state index >= 15 is 0 Å². The lowest BCUT2D eigenvalue weighted by Crippen LogP contribution is -2.39. The van der Waals surface area contributed by atoms with Gasteiger partial charge in [-0.15, -0.1) is 11.3 Å². The van der Waals surface area contributed by atoms with Gasteiger partial charge in [0.25, 0.3) is 5.72 Å². The number of carbonyl (C=O) groups is 1. The lowest BCUT2D eigenvalue weighted by atomic mass is 9.72. The molecule has 30 heavy (non-hydrogen) atoms. The average molecular weight is 425 g/mol. The second-order valence-electron chi connectivity index (χ2n) is 8.05. The van der Waals surface area contributed by atoms with Crippen LogP contribution in [0.25, 0.3) is 10.2 Å². The number of carboxylic acids is 1. The zero-order valence-corrected chi connectivity index (χ0v) is 17.4. The third-order valence-corrected chi connectivity index (χ3v) is 7.15. The largest absolute Gasteiger partial charge is 0.486 e. The van der Waals surface area contributed by atoms with Crippen LogP contribution in [-0.2, 0) is 16.2 Å². The van der Waals surface area contributed by atoms with Gasteiger partial charge in [0, 0.05) is 5.92 Å². The molecule has 0 radical (unpaired) electrons. The number of ether oxygens (including phenoxy) is 1. The van der Waals surface area contributed by atoms with Gasteiger partial charge >= 0.3 is 5.97 Å². The highest BCUT2D eigenvalue weighted by atomic mass is 32.1. The summed E-state index contributed by atoms with van der Waals surface area (Å²) in [6.45, 7) is 0.411. The Balaban J connectivity index is 1.32. The number of para-hydroxylation sites is 1. The molecular weight excluding hydrogens is 400 g/mol. The predicted molar refractivity (Wildman–Crippen MR) is 114 cm³/mol. The van der Waals surface area contributed by atoms with Crippen LogP contribution < -0.4 is 10.2 Å². The summed E-state index contributed by atoms with van der Waals surface area (Å²) in [5.74, 6) is -0.128. The molecule has 1 aliphatic heterocycles. The number of nitrogens with one attached hydrogen (secondary N) is 1. The third-order valence-electron chi connectivity index (χ3n) is 6.14. The van der Waals surface area contributed by atoms with Crippen molar-refractivity contribution in [2.45, 2.75) is 50.4 Å². The van der Waals surface area contributed by atoms with Crippen molar-refractivity contribution >= 4 is 27.5 Å². The maximum Gasteiger partial charge on any atom is 0.356 e. The molecule has 2 aromatic carbocycles. The number of hydrogen-bond acceptors (Lipinski definition) is 6. The molecule has 1 aliphatic carbocycles. The van der Waals surface area contributed by atoms with Crippen molar-refractivity contribution in [1.82, 2.24) is 10.5 Å². The Morgan fingerprint density at radius 2 is 1.93 bits per heavy atom. The van der Waals surface area contributed by atoms with Gasteiger partial charge in [-0.3, -0.25) is 4.84 Å². The number of aromatic nitrogens is 1. The molecular formula is C23H24N2O4S. The first-order valence-electron chi connectivity index (χ1n) is 10.4. The van der Waals surface area contributed by atoms with Crippen molar-refractivity contribution in [2.24, 2.45) is 5.92 Å². The summed E-state index contributed by atoms with van der Waals surface area (Å²) in [6.07, 6.45) is 5.55. The minimum absolute atomic E-state index is 0.214. The summed E-state index contributed by atoms with van der Waals surface area (Å²) in [5.41, 5.74) is 3.34. The fourth-order valence-electron chi connectivity index (χ4n) is 4.61. The van der Waals surface area contributed by atoms with E-state index in [1.54, 1.807) is 11.3 Å². The molecule has 2 heterocycles. The Kier molecular flexibility index (Phi) is 5.18. The minimum Gasteiger partial charge on any atom is -0.486 e. The number of hydrogen-bond donors (Lipinski definition) is 2. The van der Waals surface area contributed by atoms with E-state index < -0.39 is 11.7 Å². The van der Waals surface area contributed by atoms with E-state index in [0.29, 0.717) is 12.5 Å². The Hall–Kier alpha value is -2.48. The smallest absolute Gasteiger partial charge is 0.356 e. The number of aliphatic carboxylic acids is 1. The first-order chi connectivity index (χ1) is 14.7. The van der Waals surface area contributed by atoms with Crippen molar-refractivity contribution in [3.63, 3.8) is 0 Å². The fourth-order valence-corrected chi connectivity index (χ4v) is 5.49. The van der Waals surface area contributed by atoms with Crippen LogP contribution in [0.3, 0.4) is 0 Å². The molecule has 1 saturated carbocycles. The van der Waals surface area contributed by atoms with Gasteiger partial charge < -0.3 is 9.84 Å². The van der Waals surface area contributed by atoms with E-state index in [-0.39, 0.29) is 5.92 Å². The molecule has 1 aromatic heterocycles. The van der Waals surface area contributed by atoms with Crippen molar-refractivity contribution in [3.05, 3.63) is 59.1 Å². The molecule has 7 heteroatoms. The van der Waals surface area contributed by atoms with E-state index in [2.05, 4.69) is 16.5 Å². The zero-order valence-electron chi connectivity index (χ0n) is 16.5. The maximum absolute atomic E-state index is 11.9. The van der Waals surface area contributed by atoms with Gasteiger partial charge in [-0.1, -0.05) is 43.5 Å². The van der Waals surface area contributed by atoms with Crippen LogP contribution >= 0.6 is 11.3 Å². The number of hydroxylamine groups is 1. The summed E-state index contributed by atoms with van der Waals surface area (Å²) in [5, 5.41) is 10.7. The zero-order chi connectivity index (χ0) is 20.6. The Labute approximate surface area is 178 Å². The van der Waals surface area contributed by atoms with Crippen molar-refractivity contribution < 1.29 is 19.5 Å². The second-order valence-corrected chi connectivity index (χ2v) is 9.17. The summed E-state index contributed by atoms with van der Waals surface area (Å²) < 4.78 is 7.09. The SMILES string of the molecule is O=C(O)C1(C(c2ccc(OCc3nc4ccccc4s3)cc2)C2CCCCC2)NO1. The number of rotatable bonds is 7. The summed E-state index contributed by atoms with van der Waals surface area (Å²) in [4.78, 5) is 21.8. The van der Waals surface area contributed by atoms with Crippen LogP contribution in [0.1, 0.15) is 48.6 Å². The van der Waals surface area contributed by atoms with Gasteiger partial charge in [-0.25, -0.2) is 9.78 Å². The first-order valence-corrected chi connectivity index (χ1v) is 11.2. The van der Waals surface area contributed by atoms with E-state index in [0.717, 1.165) is 52.2 Å². The molecule has 2 N–H and O–H groups in total. The summed E-state index contributed by atoms with van der Waals surface area (Å²) in [7, 11) is 0. The molecule has 0 amide bonds.